The second kappa shape index (κ2) is 10.4. The Labute approximate surface area is 213 Å². The number of carbonyl (C=O) groups is 1. The quantitative estimate of drug-likeness (QED) is 0.382. The number of aromatic amines is 1. The summed E-state index contributed by atoms with van der Waals surface area (Å²) >= 11 is 3.69. The van der Waals surface area contributed by atoms with Crippen LogP contribution in [0.4, 0.5) is 11.4 Å². The number of amides is 1. The smallest absolute Gasteiger partial charge is 0.217 e. The second-order valence-corrected chi connectivity index (χ2v) is 10.1. The Kier molecular flexibility index (Phi) is 7.06. The molecule has 1 saturated heterocycles. The number of allylic oxidation sites excluding steroid dienone is 1. The number of pyridine rings is 1. The van der Waals surface area contributed by atoms with Crippen molar-refractivity contribution in [2.75, 3.05) is 36.5 Å². The van der Waals surface area contributed by atoms with Gasteiger partial charge >= 0.3 is 0 Å². The molecule has 1 aliphatic carbocycles. The van der Waals surface area contributed by atoms with Crippen molar-refractivity contribution in [2.24, 2.45) is 17.6 Å². The number of nitrogens with one attached hydrogen (secondary N) is 2. The predicted octanol–water partition coefficient (Wildman–Crippen LogP) is 4.48. The van der Waals surface area contributed by atoms with Crippen molar-refractivity contribution in [1.29, 1.82) is 0 Å². The number of anilines is 2. The van der Waals surface area contributed by atoms with Gasteiger partial charge in [-0.25, -0.2) is 9.97 Å². The highest BCUT2D eigenvalue weighted by molar-refractivity contribution is 9.10. The number of hydrogen-bond acceptors (Lipinski definition) is 6. The molecule has 0 bridgehead atoms. The summed E-state index contributed by atoms with van der Waals surface area (Å²) in [7, 11) is 0. The van der Waals surface area contributed by atoms with Gasteiger partial charge in [0.15, 0.2) is 5.65 Å². The molecule has 1 amide bonds. The van der Waals surface area contributed by atoms with Crippen LogP contribution >= 0.6 is 15.9 Å². The summed E-state index contributed by atoms with van der Waals surface area (Å²) in [6, 6.07) is 8.49. The SMILES string of the molecule is CCC1C=CCC(CC(N)=O)C1Nc1c(Br)cnc2nc(-c3cccc(N4CCOCC4)c3)[nH]c12. The molecule has 184 valence electrons. The van der Waals surface area contributed by atoms with Crippen molar-refractivity contribution in [3.8, 4) is 11.4 Å². The van der Waals surface area contributed by atoms with Crippen LogP contribution in [0.2, 0.25) is 0 Å². The number of fused-ring (bicyclic) bond motifs is 1. The molecule has 2 aliphatic rings. The Hall–Kier alpha value is -2.91. The van der Waals surface area contributed by atoms with Gasteiger partial charge in [0.1, 0.15) is 11.3 Å². The van der Waals surface area contributed by atoms with Gasteiger partial charge in [0.2, 0.25) is 5.91 Å². The van der Waals surface area contributed by atoms with Gasteiger partial charge in [-0.05, 0) is 52.7 Å². The van der Waals surface area contributed by atoms with Crippen LogP contribution in [-0.4, -0.2) is 53.2 Å². The second-order valence-electron chi connectivity index (χ2n) is 9.25. The number of ether oxygens (including phenoxy) is 1. The molecule has 3 aromatic rings. The first-order valence-corrected chi connectivity index (χ1v) is 13.0. The van der Waals surface area contributed by atoms with Gasteiger partial charge in [-0.15, -0.1) is 0 Å². The van der Waals surface area contributed by atoms with Gasteiger partial charge in [0.25, 0.3) is 0 Å². The van der Waals surface area contributed by atoms with Crippen molar-refractivity contribution in [2.45, 2.75) is 32.2 Å². The van der Waals surface area contributed by atoms with Crippen LogP contribution in [-0.2, 0) is 9.53 Å². The number of aromatic nitrogens is 3. The van der Waals surface area contributed by atoms with E-state index >= 15 is 0 Å². The van der Waals surface area contributed by atoms with Crippen LogP contribution in [0, 0.1) is 11.8 Å². The number of benzene rings is 1. The maximum absolute atomic E-state index is 11.8. The van der Waals surface area contributed by atoms with Crippen LogP contribution in [0.5, 0.6) is 0 Å². The first-order valence-electron chi connectivity index (χ1n) is 12.2. The van der Waals surface area contributed by atoms with Crippen LogP contribution in [0.25, 0.3) is 22.6 Å². The number of morpholine rings is 1. The maximum atomic E-state index is 11.8. The lowest BCUT2D eigenvalue weighted by Gasteiger charge is -2.35. The van der Waals surface area contributed by atoms with Crippen LogP contribution < -0.4 is 16.0 Å². The third-order valence-corrected chi connectivity index (χ3v) is 7.61. The molecule has 9 heteroatoms. The maximum Gasteiger partial charge on any atom is 0.217 e. The third-order valence-electron chi connectivity index (χ3n) is 7.01. The number of nitrogens with two attached hydrogens (primary N) is 1. The molecule has 4 N–H and O–H groups in total. The van der Waals surface area contributed by atoms with Gasteiger partial charge in [0.05, 0.1) is 23.4 Å². The van der Waals surface area contributed by atoms with E-state index in [1.807, 2.05) is 0 Å². The molecule has 8 nitrogen and oxygen atoms in total. The molecule has 1 fully saturated rings. The average Bonchev–Trinajstić information content (AvgIpc) is 3.31. The minimum absolute atomic E-state index is 0.0794. The normalized spacial score (nSPS) is 22.5. The summed E-state index contributed by atoms with van der Waals surface area (Å²) in [5, 5.41) is 3.74. The lowest BCUT2D eigenvalue weighted by molar-refractivity contribution is -0.119. The number of hydrogen-bond donors (Lipinski definition) is 3. The van der Waals surface area contributed by atoms with Crippen molar-refractivity contribution < 1.29 is 9.53 Å². The van der Waals surface area contributed by atoms with E-state index in [4.69, 9.17) is 15.5 Å². The largest absolute Gasteiger partial charge is 0.379 e. The number of imidazole rings is 1. The molecule has 1 aromatic carbocycles. The highest BCUT2D eigenvalue weighted by Crippen LogP contribution is 2.37. The van der Waals surface area contributed by atoms with E-state index in [1.165, 1.54) is 0 Å². The van der Waals surface area contributed by atoms with Gasteiger partial charge < -0.3 is 25.7 Å². The predicted molar refractivity (Wildman–Crippen MR) is 142 cm³/mol. The fourth-order valence-electron chi connectivity index (χ4n) is 5.18. The summed E-state index contributed by atoms with van der Waals surface area (Å²) in [5.41, 5.74) is 10.1. The number of rotatable bonds is 7. The van der Waals surface area contributed by atoms with Gasteiger partial charge in [-0.1, -0.05) is 31.2 Å². The van der Waals surface area contributed by atoms with E-state index < -0.39 is 0 Å². The molecule has 0 spiro atoms. The summed E-state index contributed by atoms with van der Waals surface area (Å²) in [5.74, 6) is 0.934. The van der Waals surface area contributed by atoms with Crippen molar-refractivity contribution >= 4 is 44.4 Å². The molecule has 5 rings (SSSR count). The summed E-state index contributed by atoms with van der Waals surface area (Å²) in [4.78, 5) is 27.0. The van der Waals surface area contributed by atoms with E-state index in [0.717, 1.165) is 71.9 Å². The Morgan fingerprint density at radius 3 is 2.94 bits per heavy atom. The first kappa shape index (κ1) is 23.8. The minimum atomic E-state index is -0.269. The Morgan fingerprint density at radius 2 is 2.17 bits per heavy atom. The fraction of sp³-hybridized carbons (Fsp3) is 0.423. The highest BCUT2D eigenvalue weighted by atomic mass is 79.9. The zero-order valence-electron chi connectivity index (χ0n) is 19.8. The molecule has 3 heterocycles. The van der Waals surface area contributed by atoms with E-state index in [-0.39, 0.29) is 17.9 Å². The Balaban J connectivity index is 1.49. The van der Waals surface area contributed by atoms with E-state index in [0.29, 0.717) is 18.0 Å². The molecule has 1 aliphatic heterocycles. The van der Waals surface area contributed by atoms with Crippen molar-refractivity contribution in [1.82, 2.24) is 15.0 Å². The summed E-state index contributed by atoms with van der Waals surface area (Å²) < 4.78 is 6.35. The monoisotopic (exact) mass is 538 g/mol. The third kappa shape index (κ3) is 5.06. The average molecular weight is 539 g/mol. The van der Waals surface area contributed by atoms with Crippen LogP contribution in [0.15, 0.2) is 47.1 Å². The number of nitrogens with zero attached hydrogens (tertiary/aromatic N) is 3. The van der Waals surface area contributed by atoms with E-state index in [2.05, 4.69) is 79.5 Å². The lowest BCUT2D eigenvalue weighted by atomic mass is 9.78. The summed E-state index contributed by atoms with van der Waals surface area (Å²) in [6.45, 7) is 5.42. The molecule has 3 unspecified atom stereocenters. The molecular formula is C26H31BrN6O2. The molecule has 0 saturated carbocycles. The standard InChI is InChI=1S/C26H31BrN6O2/c1-2-16-5-3-6-17(14-21(28)34)22(16)30-23-20(27)15-29-26-24(23)31-25(32-26)18-7-4-8-19(13-18)33-9-11-35-12-10-33/h3-5,7-8,13,15-17,22H,2,6,9-12,14H2,1H3,(H2,28,34)(H2,29,30,31,32). The van der Waals surface area contributed by atoms with Crippen molar-refractivity contribution in [3.05, 3.63) is 47.1 Å². The number of H-pyrrole nitrogens is 1. The molecule has 2 aromatic heterocycles. The minimum Gasteiger partial charge on any atom is -0.379 e. The zero-order chi connectivity index (χ0) is 24.4. The molecular weight excluding hydrogens is 508 g/mol. The number of carbonyl (C=O) groups excluding carboxylic acids is 1. The fourth-order valence-corrected chi connectivity index (χ4v) is 5.59. The van der Waals surface area contributed by atoms with E-state index in [1.54, 1.807) is 6.20 Å². The van der Waals surface area contributed by atoms with E-state index in [9.17, 15) is 4.79 Å². The van der Waals surface area contributed by atoms with Gasteiger partial charge in [-0.3, -0.25) is 4.79 Å². The van der Waals surface area contributed by atoms with Crippen LogP contribution in [0.3, 0.4) is 0 Å². The molecule has 3 atom stereocenters. The van der Waals surface area contributed by atoms with Gasteiger partial charge in [0, 0.05) is 43.0 Å². The summed E-state index contributed by atoms with van der Waals surface area (Å²) in [6.07, 6.45) is 8.35. The zero-order valence-corrected chi connectivity index (χ0v) is 21.4. The molecule has 0 radical (unpaired) electrons. The van der Waals surface area contributed by atoms with Crippen molar-refractivity contribution in [3.63, 3.8) is 0 Å². The Bertz CT molecular complexity index is 1240. The van der Waals surface area contributed by atoms with Crippen LogP contribution in [0.1, 0.15) is 26.2 Å². The Morgan fingerprint density at radius 1 is 1.34 bits per heavy atom. The lowest BCUT2D eigenvalue weighted by Crippen LogP contribution is -2.39. The topological polar surface area (TPSA) is 109 Å². The molecule has 35 heavy (non-hydrogen) atoms. The number of halogens is 1. The van der Waals surface area contributed by atoms with Gasteiger partial charge in [-0.2, -0.15) is 0 Å². The first-order chi connectivity index (χ1) is 17.0. The number of primary amides is 1. The highest BCUT2D eigenvalue weighted by Gasteiger charge is 2.31.